The van der Waals surface area contributed by atoms with Crippen molar-refractivity contribution in [1.82, 2.24) is 24.6 Å². The number of piperidine rings is 1. The molecule has 2 aliphatic rings. The van der Waals surface area contributed by atoms with E-state index in [1.54, 1.807) is 6.20 Å². The molecular formula is C20H21N5O. The second-order valence-corrected chi connectivity index (χ2v) is 7.22. The van der Waals surface area contributed by atoms with Crippen molar-refractivity contribution in [1.29, 1.82) is 0 Å². The van der Waals surface area contributed by atoms with E-state index in [1.165, 1.54) is 0 Å². The van der Waals surface area contributed by atoms with E-state index in [4.69, 9.17) is 0 Å². The lowest BCUT2D eigenvalue weighted by molar-refractivity contribution is 0.0705. The SMILES string of the molecule is O=C(c1cccc2cnccc12)N1CCCC(c2nnc3n2CCC3)C1. The Morgan fingerprint density at radius 2 is 2.08 bits per heavy atom. The number of aryl methyl sites for hydroxylation is 1. The molecule has 0 radical (unpaired) electrons. The summed E-state index contributed by atoms with van der Waals surface area (Å²) in [6.07, 6.45) is 7.80. The highest BCUT2D eigenvalue weighted by atomic mass is 16.2. The predicted molar refractivity (Wildman–Crippen MR) is 98.0 cm³/mol. The number of benzene rings is 1. The molecule has 132 valence electrons. The third-order valence-electron chi connectivity index (χ3n) is 5.62. The fourth-order valence-electron chi connectivity index (χ4n) is 4.33. The fourth-order valence-corrected chi connectivity index (χ4v) is 4.33. The van der Waals surface area contributed by atoms with Crippen LogP contribution in [-0.4, -0.2) is 43.6 Å². The van der Waals surface area contributed by atoms with Gasteiger partial charge in [0.15, 0.2) is 0 Å². The maximum absolute atomic E-state index is 13.2. The molecule has 0 saturated carbocycles. The summed E-state index contributed by atoms with van der Waals surface area (Å²) in [5.74, 6) is 2.55. The van der Waals surface area contributed by atoms with Gasteiger partial charge in [-0.3, -0.25) is 9.78 Å². The minimum atomic E-state index is 0.104. The Labute approximate surface area is 151 Å². The van der Waals surface area contributed by atoms with Crippen molar-refractivity contribution >= 4 is 16.7 Å². The van der Waals surface area contributed by atoms with Gasteiger partial charge >= 0.3 is 0 Å². The summed E-state index contributed by atoms with van der Waals surface area (Å²) in [5, 5.41) is 10.8. The molecule has 1 fully saturated rings. The molecule has 2 aromatic heterocycles. The molecule has 6 heteroatoms. The lowest BCUT2D eigenvalue weighted by atomic mass is 9.96. The zero-order chi connectivity index (χ0) is 17.5. The number of hydrogen-bond donors (Lipinski definition) is 0. The smallest absolute Gasteiger partial charge is 0.254 e. The molecule has 1 aromatic carbocycles. The van der Waals surface area contributed by atoms with Gasteiger partial charge in [-0.05, 0) is 36.8 Å². The van der Waals surface area contributed by atoms with Gasteiger partial charge in [-0.15, -0.1) is 10.2 Å². The van der Waals surface area contributed by atoms with E-state index in [-0.39, 0.29) is 11.8 Å². The van der Waals surface area contributed by atoms with Gasteiger partial charge in [0.2, 0.25) is 0 Å². The summed E-state index contributed by atoms with van der Waals surface area (Å²) in [7, 11) is 0. The number of fused-ring (bicyclic) bond motifs is 2. The largest absolute Gasteiger partial charge is 0.338 e. The van der Waals surface area contributed by atoms with E-state index in [0.29, 0.717) is 0 Å². The van der Waals surface area contributed by atoms with Crippen LogP contribution in [0.15, 0.2) is 36.7 Å². The minimum Gasteiger partial charge on any atom is -0.338 e. The van der Waals surface area contributed by atoms with Crippen molar-refractivity contribution in [2.24, 2.45) is 0 Å². The van der Waals surface area contributed by atoms with Gasteiger partial charge in [0, 0.05) is 55.3 Å². The van der Waals surface area contributed by atoms with Crippen molar-refractivity contribution in [2.75, 3.05) is 13.1 Å². The topological polar surface area (TPSA) is 63.9 Å². The first-order valence-corrected chi connectivity index (χ1v) is 9.35. The predicted octanol–water partition coefficient (Wildman–Crippen LogP) is 2.79. The second-order valence-electron chi connectivity index (χ2n) is 7.22. The summed E-state index contributed by atoms with van der Waals surface area (Å²) >= 11 is 0. The van der Waals surface area contributed by atoms with Crippen LogP contribution in [0.5, 0.6) is 0 Å². The highest BCUT2D eigenvalue weighted by Gasteiger charge is 2.31. The van der Waals surface area contributed by atoms with E-state index in [0.717, 1.165) is 73.3 Å². The molecule has 3 aromatic rings. The first-order chi connectivity index (χ1) is 12.8. The lowest BCUT2D eigenvalue weighted by Crippen LogP contribution is -2.39. The highest BCUT2D eigenvalue weighted by Crippen LogP contribution is 2.30. The quantitative estimate of drug-likeness (QED) is 0.715. The molecule has 4 heterocycles. The van der Waals surface area contributed by atoms with Gasteiger partial charge in [0.05, 0.1) is 0 Å². The Morgan fingerprint density at radius 1 is 1.12 bits per heavy atom. The van der Waals surface area contributed by atoms with Crippen molar-refractivity contribution in [3.05, 3.63) is 53.9 Å². The molecule has 6 nitrogen and oxygen atoms in total. The van der Waals surface area contributed by atoms with Crippen LogP contribution in [0.25, 0.3) is 10.8 Å². The molecule has 1 saturated heterocycles. The molecule has 5 rings (SSSR count). The van der Waals surface area contributed by atoms with Crippen LogP contribution >= 0.6 is 0 Å². The van der Waals surface area contributed by atoms with E-state index < -0.39 is 0 Å². The maximum atomic E-state index is 13.2. The zero-order valence-corrected chi connectivity index (χ0v) is 14.6. The van der Waals surface area contributed by atoms with Crippen LogP contribution in [-0.2, 0) is 13.0 Å². The first-order valence-electron chi connectivity index (χ1n) is 9.35. The number of aromatic nitrogens is 4. The summed E-state index contributed by atoms with van der Waals surface area (Å²) in [6.45, 7) is 2.54. The Hall–Kier alpha value is -2.76. The number of nitrogens with zero attached hydrogens (tertiary/aromatic N) is 5. The molecule has 0 bridgehead atoms. The minimum absolute atomic E-state index is 0.104. The second kappa shape index (κ2) is 6.20. The van der Waals surface area contributed by atoms with Crippen LogP contribution < -0.4 is 0 Å². The number of amides is 1. The van der Waals surface area contributed by atoms with E-state index >= 15 is 0 Å². The Balaban J connectivity index is 1.43. The van der Waals surface area contributed by atoms with Crippen molar-refractivity contribution in [3.8, 4) is 0 Å². The Kier molecular flexibility index (Phi) is 3.69. The van der Waals surface area contributed by atoms with Crippen LogP contribution in [0.4, 0.5) is 0 Å². The number of hydrogen-bond acceptors (Lipinski definition) is 4. The third-order valence-corrected chi connectivity index (χ3v) is 5.62. The number of likely N-dealkylation sites (tertiary alicyclic amines) is 1. The number of carbonyl (C=O) groups is 1. The highest BCUT2D eigenvalue weighted by molar-refractivity contribution is 6.06. The molecular weight excluding hydrogens is 326 g/mol. The number of rotatable bonds is 2. The van der Waals surface area contributed by atoms with Gasteiger partial charge in [-0.1, -0.05) is 12.1 Å². The van der Waals surface area contributed by atoms with Crippen molar-refractivity contribution < 1.29 is 4.79 Å². The zero-order valence-electron chi connectivity index (χ0n) is 14.6. The molecule has 0 spiro atoms. The van der Waals surface area contributed by atoms with Crippen LogP contribution in [0.2, 0.25) is 0 Å². The molecule has 1 atom stereocenters. The van der Waals surface area contributed by atoms with E-state index in [2.05, 4.69) is 19.7 Å². The molecule has 1 amide bonds. The number of carbonyl (C=O) groups excluding carboxylic acids is 1. The third kappa shape index (κ3) is 2.48. The van der Waals surface area contributed by atoms with Crippen LogP contribution in [0.1, 0.15) is 47.2 Å². The van der Waals surface area contributed by atoms with Crippen molar-refractivity contribution in [3.63, 3.8) is 0 Å². The molecule has 26 heavy (non-hydrogen) atoms. The van der Waals surface area contributed by atoms with Crippen LogP contribution in [0, 0.1) is 0 Å². The molecule has 2 aliphatic heterocycles. The first kappa shape index (κ1) is 15.5. The van der Waals surface area contributed by atoms with Gasteiger partial charge in [-0.2, -0.15) is 0 Å². The summed E-state index contributed by atoms with van der Waals surface area (Å²) in [6, 6.07) is 7.78. The molecule has 1 unspecified atom stereocenters. The molecule has 0 aliphatic carbocycles. The normalized spacial score (nSPS) is 19.7. The monoisotopic (exact) mass is 347 g/mol. The lowest BCUT2D eigenvalue weighted by Gasteiger charge is -2.32. The number of pyridine rings is 1. The van der Waals surface area contributed by atoms with E-state index in [9.17, 15) is 4.79 Å². The summed E-state index contributed by atoms with van der Waals surface area (Å²) in [5.41, 5.74) is 0.761. The van der Waals surface area contributed by atoms with Gasteiger partial charge in [-0.25, -0.2) is 0 Å². The maximum Gasteiger partial charge on any atom is 0.254 e. The molecule has 0 N–H and O–H groups in total. The standard InChI is InChI=1S/C20H21N5O/c26-20(17-6-1-4-14-12-21-9-8-16(14)17)24-10-2-5-15(13-24)19-23-22-18-7-3-11-25(18)19/h1,4,6,8-9,12,15H,2-3,5,7,10-11,13H2. The van der Waals surface area contributed by atoms with E-state index in [1.807, 2.05) is 35.4 Å². The van der Waals surface area contributed by atoms with Gasteiger partial charge < -0.3 is 9.47 Å². The Bertz CT molecular complexity index is 974. The van der Waals surface area contributed by atoms with Crippen molar-refractivity contribution in [2.45, 2.75) is 38.1 Å². The van der Waals surface area contributed by atoms with Gasteiger partial charge in [0.1, 0.15) is 11.6 Å². The average Bonchev–Trinajstić information content (AvgIpc) is 3.31. The van der Waals surface area contributed by atoms with Crippen LogP contribution in [0.3, 0.4) is 0 Å². The fraction of sp³-hybridized carbons (Fsp3) is 0.400. The average molecular weight is 347 g/mol. The summed E-state index contributed by atoms with van der Waals surface area (Å²) in [4.78, 5) is 19.4. The Morgan fingerprint density at radius 3 is 3.04 bits per heavy atom. The summed E-state index contributed by atoms with van der Waals surface area (Å²) < 4.78 is 2.27. The van der Waals surface area contributed by atoms with Gasteiger partial charge in [0.25, 0.3) is 5.91 Å².